The van der Waals surface area contributed by atoms with Crippen LogP contribution < -0.4 is 0 Å². The van der Waals surface area contributed by atoms with Gasteiger partial charge in [0.15, 0.2) is 6.29 Å². The van der Waals surface area contributed by atoms with Crippen molar-refractivity contribution in [1.29, 1.82) is 0 Å². The second kappa shape index (κ2) is 4.20. The molecule has 1 aliphatic rings. The molecule has 0 amide bonds. The minimum absolute atomic E-state index is 0.0123. The van der Waals surface area contributed by atoms with Gasteiger partial charge in [0.05, 0.1) is 12.7 Å². The predicted molar refractivity (Wildman–Crippen MR) is 49.4 cm³/mol. The van der Waals surface area contributed by atoms with Crippen molar-refractivity contribution in [3.63, 3.8) is 0 Å². The highest BCUT2D eigenvalue weighted by molar-refractivity contribution is 5.50. The molecule has 2 atom stereocenters. The smallest absolute Gasteiger partial charge is 0.162 e. The molecule has 1 heterocycles. The van der Waals surface area contributed by atoms with Crippen LogP contribution in [0.3, 0.4) is 0 Å². The van der Waals surface area contributed by atoms with Gasteiger partial charge in [0.1, 0.15) is 6.29 Å². The van der Waals surface area contributed by atoms with Crippen LogP contribution in [0.15, 0.2) is 0 Å². The lowest BCUT2D eigenvalue weighted by Gasteiger charge is -2.37. The molecule has 0 aromatic carbocycles. The van der Waals surface area contributed by atoms with E-state index in [0.29, 0.717) is 13.0 Å². The second-order valence-corrected chi connectivity index (χ2v) is 4.52. The summed E-state index contributed by atoms with van der Waals surface area (Å²) in [5, 5.41) is 0. The van der Waals surface area contributed by atoms with Crippen molar-refractivity contribution in [3.05, 3.63) is 0 Å². The minimum Gasteiger partial charge on any atom is -0.352 e. The summed E-state index contributed by atoms with van der Waals surface area (Å²) in [7, 11) is 0. The van der Waals surface area contributed by atoms with Crippen LogP contribution >= 0.6 is 0 Å². The first kappa shape index (κ1) is 10.7. The van der Waals surface area contributed by atoms with Gasteiger partial charge in [0.25, 0.3) is 0 Å². The maximum Gasteiger partial charge on any atom is 0.162 e. The van der Waals surface area contributed by atoms with Crippen molar-refractivity contribution in [2.75, 3.05) is 6.61 Å². The van der Waals surface area contributed by atoms with Crippen molar-refractivity contribution in [2.45, 2.75) is 46.0 Å². The number of aldehydes is 1. The van der Waals surface area contributed by atoms with Crippen LogP contribution in [0.4, 0.5) is 0 Å². The minimum atomic E-state index is -0.175. The molecule has 3 nitrogen and oxygen atoms in total. The predicted octanol–water partition coefficient (Wildman–Crippen LogP) is 1.75. The molecule has 76 valence electrons. The standard InChI is InChI=1S/C10H18O3/c1-10(2,3)9-12-7-5-8(13-9)4-6-11/h6,8-9H,4-5,7H2,1-3H3/t8-,9+/m0/s1. The normalized spacial score (nSPS) is 30.1. The summed E-state index contributed by atoms with van der Waals surface area (Å²) in [4.78, 5) is 10.3. The third kappa shape index (κ3) is 3.08. The molecule has 0 spiro atoms. The van der Waals surface area contributed by atoms with Crippen molar-refractivity contribution in [1.82, 2.24) is 0 Å². The first-order chi connectivity index (χ1) is 6.04. The van der Waals surface area contributed by atoms with Gasteiger partial charge >= 0.3 is 0 Å². The number of carbonyl (C=O) groups excluding carboxylic acids is 1. The largest absolute Gasteiger partial charge is 0.352 e. The van der Waals surface area contributed by atoms with Crippen LogP contribution in [0.1, 0.15) is 33.6 Å². The molecule has 3 heteroatoms. The Balaban J connectivity index is 2.46. The average molecular weight is 186 g/mol. The topological polar surface area (TPSA) is 35.5 Å². The Bertz CT molecular complexity index is 171. The summed E-state index contributed by atoms with van der Waals surface area (Å²) < 4.78 is 11.1. The zero-order valence-corrected chi connectivity index (χ0v) is 8.58. The summed E-state index contributed by atoms with van der Waals surface area (Å²) in [6, 6.07) is 0. The molecular formula is C10H18O3. The van der Waals surface area contributed by atoms with Gasteiger partial charge in [-0.3, -0.25) is 0 Å². The van der Waals surface area contributed by atoms with E-state index in [0.717, 1.165) is 12.7 Å². The molecule has 1 saturated heterocycles. The van der Waals surface area contributed by atoms with Gasteiger partial charge < -0.3 is 14.3 Å². The van der Waals surface area contributed by atoms with Crippen molar-refractivity contribution in [3.8, 4) is 0 Å². The highest BCUT2D eigenvalue weighted by atomic mass is 16.7. The lowest BCUT2D eigenvalue weighted by atomic mass is 9.95. The Labute approximate surface area is 79.4 Å². The summed E-state index contributed by atoms with van der Waals surface area (Å²) in [5.74, 6) is 0. The van der Waals surface area contributed by atoms with E-state index < -0.39 is 0 Å². The van der Waals surface area contributed by atoms with E-state index in [4.69, 9.17) is 9.47 Å². The average Bonchev–Trinajstić information content (AvgIpc) is 2.04. The van der Waals surface area contributed by atoms with Crippen LogP contribution in [0.2, 0.25) is 0 Å². The number of rotatable bonds is 2. The number of hydrogen-bond acceptors (Lipinski definition) is 3. The van der Waals surface area contributed by atoms with E-state index in [1.54, 1.807) is 0 Å². The van der Waals surface area contributed by atoms with Crippen LogP contribution in [0.25, 0.3) is 0 Å². The van der Waals surface area contributed by atoms with Crippen LogP contribution in [-0.4, -0.2) is 25.3 Å². The fraction of sp³-hybridized carbons (Fsp3) is 0.900. The molecule has 0 saturated carbocycles. The molecule has 13 heavy (non-hydrogen) atoms. The third-order valence-corrected chi connectivity index (χ3v) is 2.09. The van der Waals surface area contributed by atoms with E-state index in [-0.39, 0.29) is 17.8 Å². The molecule has 0 aromatic heterocycles. The first-order valence-corrected chi connectivity index (χ1v) is 4.74. The van der Waals surface area contributed by atoms with Gasteiger partial charge in [-0.25, -0.2) is 0 Å². The van der Waals surface area contributed by atoms with Crippen molar-refractivity contribution >= 4 is 6.29 Å². The zero-order valence-electron chi connectivity index (χ0n) is 8.58. The number of carbonyl (C=O) groups is 1. The Morgan fingerprint density at radius 3 is 2.69 bits per heavy atom. The Morgan fingerprint density at radius 1 is 1.46 bits per heavy atom. The second-order valence-electron chi connectivity index (χ2n) is 4.52. The summed E-state index contributed by atoms with van der Waals surface area (Å²) in [5.41, 5.74) is -0.0123. The SMILES string of the molecule is CC(C)(C)[C@@H]1OCC[C@H](CC=O)O1. The Kier molecular flexibility index (Phi) is 3.45. The van der Waals surface area contributed by atoms with E-state index in [1.165, 1.54) is 0 Å². The molecule has 1 fully saturated rings. The van der Waals surface area contributed by atoms with Gasteiger partial charge in [0.2, 0.25) is 0 Å². The maximum atomic E-state index is 10.3. The van der Waals surface area contributed by atoms with E-state index in [9.17, 15) is 4.79 Å². The Hall–Kier alpha value is -0.410. The van der Waals surface area contributed by atoms with Gasteiger partial charge in [-0.2, -0.15) is 0 Å². The molecule has 1 aliphatic heterocycles. The maximum absolute atomic E-state index is 10.3. The quantitative estimate of drug-likeness (QED) is 0.616. The molecule has 0 aromatic rings. The summed E-state index contributed by atoms with van der Waals surface area (Å²) >= 11 is 0. The zero-order chi connectivity index (χ0) is 9.90. The van der Waals surface area contributed by atoms with Gasteiger partial charge in [-0.15, -0.1) is 0 Å². The molecule has 0 N–H and O–H groups in total. The number of hydrogen-bond donors (Lipinski definition) is 0. The van der Waals surface area contributed by atoms with Crippen LogP contribution in [0.5, 0.6) is 0 Å². The van der Waals surface area contributed by atoms with Gasteiger partial charge in [0, 0.05) is 11.8 Å². The molecule has 0 bridgehead atoms. The first-order valence-electron chi connectivity index (χ1n) is 4.74. The van der Waals surface area contributed by atoms with Crippen molar-refractivity contribution < 1.29 is 14.3 Å². The molecule has 1 rings (SSSR count). The number of ether oxygens (including phenoxy) is 2. The molecule has 0 radical (unpaired) electrons. The summed E-state index contributed by atoms with van der Waals surface area (Å²) in [6.45, 7) is 6.91. The highest BCUT2D eigenvalue weighted by Crippen LogP contribution is 2.28. The molecule has 0 aliphatic carbocycles. The monoisotopic (exact) mass is 186 g/mol. The third-order valence-electron chi connectivity index (χ3n) is 2.09. The van der Waals surface area contributed by atoms with E-state index >= 15 is 0 Å². The fourth-order valence-electron chi connectivity index (χ4n) is 1.32. The van der Waals surface area contributed by atoms with E-state index in [2.05, 4.69) is 20.8 Å². The molecule has 0 unspecified atom stereocenters. The summed E-state index contributed by atoms with van der Waals surface area (Å²) in [6.07, 6.45) is 2.10. The lowest BCUT2D eigenvalue weighted by molar-refractivity contribution is -0.252. The van der Waals surface area contributed by atoms with Crippen LogP contribution in [0, 0.1) is 5.41 Å². The highest BCUT2D eigenvalue weighted by Gasteiger charge is 2.32. The van der Waals surface area contributed by atoms with Gasteiger partial charge in [-0.1, -0.05) is 20.8 Å². The van der Waals surface area contributed by atoms with Crippen LogP contribution in [-0.2, 0) is 14.3 Å². The molecular weight excluding hydrogens is 168 g/mol. The van der Waals surface area contributed by atoms with Gasteiger partial charge in [-0.05, 0) is 6.42 Å². The fourth-order valence-corrected chi connectivity index (χ4v) is 1.32. The van der Waals surface area contributed by atoms with Crippen molar-refractivity contribution in [2.24, 2.45) is 5.41 Å². The lowest BCUT2D eigenvalue weighted by Crippen LogP contribution is -2.40. The Morgan fingerprint density at radius 2 is 2.15 bits per heavy atom. The van der Waals surface area contributed by atoms with E-state index in [1.807, 2.05) is 0 Å².